The number of Topliss-reactive ketones (excluding diaryl/α,β-unsaturated/α-hetero) is 2. The van der Waals surface area contributed by atoms with E-state index in [1.807, 2.05) is 13.0 Å². The molecule has 0 spiro atoms. The second-order valence-electron chi connectivity index (χ2n) is 3.44. The van der Waals surface area contributed by atoms with Crippen LogP contribution in [0.25, 0.3) is 0 Å². The Hall–Kier alpha value is -1.44. The van der Waals surface area contributed by atoms with Gasteiger partial charge < -0.3 is 0 Å². The number of rotatable bonds is 6. The van der Waals surface area contributed by atoms with Gasteiger partial charge in [0.15, 0.2) is 5.78 Å². The predicted octanol–water partition coefficient (Wildman–Crippen LogP) is 2.83. The monoisotopic (exact) mass is 203 g/mol. The van der Waals surface area contributed by atoms with Crippen molar-refractivity contribution in [3.8, 4) is 0 Å². The Morgan fingerprint density at radius 3 is 2.47 bits per heavy atom. The van der Waals surface area contributed by atoms with Crippen LogP contribution in [0.1, 0.15) is 36.5 Å². The first-order valence-electron chi connectivity index (χ1n) is 5.21. The van der Waals surface area contributed by atoms with Gasteiger partial charge in [-0.3, -0.25) is 9.59 Å². The van der Waals surface area contributed by atoms with E-state index in [9.17, 15) is 9.59 Å². The molecule has 1 aromatic carbocycles. The summed E-state index contributed by atoms with van der Waals surface area (Å²) < 4.78 is 0. The second-order valence-corrected chi connectivity index (χ2v) is 3.44. The van der Waals surface area contributed by atoms with Gasteiger partial charge in [0.05, 0.1) is 6.42 Å². The predicted molar refractivity (Wildman–Crippen MR) is 59.6 cm³/mol. The van der Waals surface area contributed by atoms with Crippen LogP contribution in [0.15, 0.2) is 30.3 Å². The highest BCUT2D eigenvalue weighted by Gasteiger charge is 2.11. The molecule has 0 heterocycles. The normalized spacial score (nSPS) is 9.93. The quantitative estimate of drug-likeness (QED) is 0.526. The lowest BCUT2D eigenvalue weighted by atomic mass is 10.0. The van der Waals surface area contributed by atoms with Gasteiger partial charge in [-0.25, -0.2) is 0 Å². The van der Waals surface area contributed by atoms with Crippen LogP contribution in [0.4, 0.5) is 0 Å². The molecule has 0 saturated carbocycles. The minimum Gasteiger partial charge on any atom is -0.299 e. The lowest BCUT2D eigenvalue weighted by Gasteiger charge is -1.99. The van der Waals surface area contributed by atoms with E-state index in [1.54, 1.807) is 24.3 Å². The number of benzene rings is 1. The molecule has 1 radical (unpaired) electrons. The van der Waals surface area contributed by atoms with Crippen LogP contribution in [0, 0.1) is 6.42 Å². The highest BCUT2D eigenvalue weighted by Crippen LogP contribution is 2.05. The number of hydrogen-bond donors (Lipinski definition) is 0. The molecule has 0 N–H and O–H groups in total. The fourth-order valence-corrected chi connectivity index (χ4v) is 1.26. The summed E-state index contributed by atoms with van der Waals surface area (Å²) in [5, 5.41) is 0. The third-order valence-corrected chi connectivity index (χ3v) is 2.13. The zero-order valence-electron chi connectivity index (χ0n) is 8.90. The third kappa shape index (κ3) is 4.07. The summed E-state index contributed by atoms with van der Waals surface area (Å²) in [5.41, 5.74) is 0.572. The van der Waals surface area contributed by atoms with Crippen molar-refractivity contribution >= 4 is 11.6 Å². The number of carbonyl (C=O) groups is 2. The minimum atomic E-state index is -0.197. The van der Waals surface area contributed by atoms with Crippen molar-refractivity contribution in [3.63, 3.8) is 0 Å². The van der Waals surface area contributed by atoms with Crippen molar-refractivity contribution in [2.45, 2.75) is 26.2 Å². The summed E-state index contributed by atoms with van der Waals surface area (Å²) in [7, 11) is 0. The van der Waals surface area contributed by atoms with Gasteiger partial charge in [0.2, 0.25) is 0 Å². The van der Waals surface area contributed by atoms with Crippen LogP contribution >= 0.6 is 0 Å². The summed E-state index contributed by atoms with van der Waals surface area (Å²) in [6.45, 7) is 2.02. The SMILES string of the molecule is CCCCC(=O)[CH]C(=O)c1ccccc1. The van der Waals surface area contributed by atoms with Crippen LogP contribution in [0.2, 0.25) is 0 Å². The van der Waals surface area contributed by atoms with E-state index >= 15 is 0 Å². The zero-order valence-corrected chi connectivity index (χ0v) is 8.90. The van der Waals surface area contributed by atoms with Crippen LogP contribution in [-0.4, -0.2) is 11.6 Å². The summed E-state index contributed by atoms with van der Waals surface area (Å²) >= 11 is 0. The number of unbranched alkanes of at least 4 members (excludes halogenated alkanes) is 1. The minimum absolute atomic E-state index is 0.0781. The van der Waals surface area contributed by atoms with E-state index in [-0.39, 0.29) is 11.6 Å². The van der Waals surface area contributed by atoms with Crippen LogP contribution < -0.4 is 0 Å². The Morgan fingerprint density at radius 2 is 1.87 bits per heavy atom. The van der Waals surface area contributed by atoms with Crippen LogP contribution in [0.5, 0.6) is 0 Å². The van der Waals surface area contributed by atoms with Crippen molar-refractivity contribution < 1.29 is 9.59 Å². The molecule has 0 atom stereocenters. The molecule has 0 bridgehead atoms. The van der Waals surface area contributed by atoms with Crippen molar-refractivity contribution in [3.05, 3.63) is 42.3 Å². The Balaban J connectivity index is 2.46. The maximum atomic E-state index is 11.5. The van der Waals surface area contributed by atoms with E-state index < -0.39 is 0 Å². The molecular formula is C13H15O2. The summed E-state index contributed by atoms with van der Waals surface area (Å²) in [6, 6.07) is 8.85. The highest BCUT2D eigenvalue weighted by atomic mass is 16.1. The zero-order chi connectivity index (χ0) is 11.1. The molecule has 0 fully saturated rings. The maximum Gasteiger partial charge on any atom is 0.174 e. The molecule has 0 unspecified atom stereocenters. The first-order valence-corrected chi connectivity index (χ1v) is 5.21. The Bertz CT molecular complexity index is 328. The van der Waals surface area contributed by atoms with Gasteiger partial charge in [0.25, 0.3) is 0 Å². The lowest BCUT2D eigenvalue weighted by Crippen LogP contribution is -2.08. The topological polar surface area (TPSA) is 34.1 Å². The van der Waals surface area contributed by atoms with Gasteiger partial charge >= 0.3 is 0 Å². The Labute approximate surface area is 90.3 Å². The molecule has 15 heavy (non-hydrogen) atoms. The maximum absolute atomic E-state index is 11.5. The van der Waals surface area contributed by atoms with E-state index in [4.69, 9.17) is 0 Å². The number of hydrogen-bond acceptors (Lipinski definition) is 2. The Morgan fingerprint density at radius 1 is 1.20 bits per heavy atom. The first-order chi connectivity index (χ1) is 7.24. The first kappa shape index (κ1) is 11.6. The largest absolute Gasteiger partial charge is 0.299 e. The fraction of sp³-hybridized carbons (Fsp3) is 0.308. The molecule has 0 saturated heterocycles. The number of carbonyl (C=O) groups excluding carboxylic acids is 2. The molecule has 1 rings (SSSR count). The van der Waals surface area contributed by atoms with Crippen molar-refractivity contribution in [2.24, 2.45) is 0 Å². The van der Waals surface area contributed by atoms with Crippen molar-refractivity contribution in [1.29, 1.82) is 0 Å². The molecule has 0 aliphatic rings. The average Bonchev–Trinajstić information content (AvgIpc) is 2.27. The van der Waals surface area contributed by atoms with Gasteiger partial charge in [-0.05, 0) is 6.42 Å². The molecule has 2 nitrogen and oxygen atoms in total. The van der Waals surface area contributed by atoms with E-state index in [2.05, 4.69) is 0 Å². The fourth-order valence-electron chi connectivity index (χ4n) is 1.26. The van der Waals surface area contributed by atoms with Gasteiger partial charge in [-0.2, -0.15) is 0 Å². The van der Waals surface area contributed by atoms with E-state index in [1.165, 1.54) is 6.42 Å². The molecular weight excluding hydrogens is 188 g/mol. The summed E-state index contributed by atoms with van der Waals surface area (Å²) in [6.07, 6.45) is 3.48. The number of ketones is 2. The third-order valence-electron chi connectivity index (χ3n) is 2.13. The van der Waals surface area contributed by atoms with Crippen LogP contribution in [-0.2, 0) is 4.79 Å². The van der Waals surface area contributed by atoms with E-state index in [0.29, 0.717) is 12.0 Å². The van der Waals surface area contributed by atoms with Crippen molar-refractivity contribution in [1.82, 2.24) is 0 Å². The smallest absolute Gasteiger partial charge is 0.174 e. The highest BCUT2D eigenvalue weighted by molar-refractivity contribution is 6.17. The standard InChI is InChI=1S/C13H15O2/c1-2-3-9-12(14)10-13(15)11-7-5-4-6-8-11/h4-8,10H,2-3,9H2,1H3. The molecule has 1 aromatic rings. The van der Waals surface area contributed by atoms with Crippen molar-refractivity contribution in [2.75, 3.05) is 0 Å². The average molecular weight is 203 g/mol. The molecule has 0 aliphatic heterocycles. The van der Waals surface area contributed by atoms with Crippen LogP contribution in [0.3, 0.4) is 0 Å². The molecule has 2 heteroatoms. The van der Waals surface area contributed by atoms with Gasteiger partial charge in [0.1, 0.15) is 5.78 Å². The molecule has 0 amide bonds. The summed E-state index contributed by atoms with van der Waals surface area (Å²) in [4.78, 5) is 22.9. The van der Waals surface area contributed by atoms with E-state index in [0.717, 1.165) is 12.8 Å². The van der Waals surface area contributed by atoms with Gasteiger partial charge in [-0.15, -0.1) is 0 Å². The molecule has 79 valence electrons. The van der Waals surface area contributed by atoms with Gasteiger partial charge in [-0.1, -0.05) is 43.7 Å². The lowest BCUT2D eigenvalue weighted by molar-refractivity contribution is -0.115. The summed E-state index contributed by atoms with van der Waals surface area (Å²) in [5.74, 6) is -0.276. The second kappa shape index (κ2) is 6.12. The molecule has 0 aromatic heterocycles. The Kier molecular flexibility index (Phi) is 4.75. The van der Waals surface area contributed by atoms with Gasteiger partial charge in [0, 0.05) is 12.0 Å². The molecule has 0 aliphatic carbocycles.